The van der Waals surface area contributed by atoms with E-state index in [0.717, 1.165) is 18.1 Å². The minimum Gasteiger partial charge on any atom is -0.368 e. The Morgan fingerprint density at radius 2 is 2.39 bits per heavy atom. The van der Waals surface area contributed by atoms with Crippen molar-refractivity contribution in [3.05, 3.63) is 11.7 Å². The predicted molar refractivity (Wildman–Crippen MR) is 64.1 cm³/mol. The molecule has 2 N–H and O–H groups in total. The van der Waals surface area contributed by atoms with Crippen molar-refractivity contribution in [3.63, 3.8) is 0 Å². The van der Waals surface area contributed by atoms with Gasteiger partial charge in [-0.05, 0) is 0 Å². The number of thioether (sulfide) groups is 1. The Labute approximate surface area is 108 Å². The fourth-order valence-electron chi connectivity index (χ4n) is 1.90. The van der Waals surface area contributed by atoms with Crippen LogP contribution in [0.25, 0.3) is 0 Å². The second kappa shape index (κ2) is 5.25. The van der Waals surface area contributed by atoms with Crippen molar-refractivity contribution in [3.8, 4) is 0 Å². The van der Waals surface area contributed by atoms with Crippen LogP contribution in [-0.2, 0) is 9.53 Å². The molecule has 2 aliphatic rings. The highest BCUT2D eigenvalue weighted by Crippen LogP contribution is 2.25. The van der Waals surface area contributed by atoms with E-state index in [1.165, 1.54) is 0 Å². The summed E-state index contributed by atoms with van der Waals surface area (Å²) in [6, 6.07) is -0.111. The lowest BCUT2D eigenvalue weighted by Gasteiger charge is -2.20. The molecule has 8 heteroatoms. The van der Waals surface area contributed by atoms with E-state index in [-0.39, 0.29) is 24.6 Å². The molecule has 2 unspecified atom stereocenters. The Bertz CT molecular complexity index is 423. The molecule has 98 valence electrons. The van der Waals surface area contributed by atoms with Gasteiger partial charge in [-0.1, -0.05) is 5.16 Å². The summed E-state index contributed by atoms with van der Waals surface area (Å²) in [4.78, 5) is 15.4. The van der Waals surface area contributed by atoms with Crippen molar-refractivity contribution in [1.29, 1.82) is 0 Å². The van der Waals surface area contributed by atoms with Crippen LogP contribution >= 0.6 is 11.8 Å². The number of nitrogens with zero attached hydrogens (tertiary/aromatic N) is 2. The normalized spacial score (nSPS) is 29.0. The summed E-state index contributed by atoms with van der Waals surface area (Å²) >= 11 is 1.82. The second-order valence-corrected chi connectivity index (χ2v) is 5.31. The van der Waals surface area contributed by atoms with Gasteiger partial charge in [-0.15, -0.1) is 0 Å². The SMILES string of the molecule is O=C1CNC(c2nc(C3CSCCO3)no2)CN1. The zero-order valence-electron chi connectivity index (χ0n) is 9.72. The molecule has 18 heavy (non-hydrogen) atoms. The summed E-state index contributed by atoms with van der Waals surface area (Å²) in [6.45, 7) is 1.47. The lowest BCUT2D eigenvalue weighted by Crippen LogP contribution is -2.47. The maximum absolute atomic E-state index is 11.0. The highest BCUT2D eigenvalue weighted by atomic mass is 32.2. The van der Waals surface area contributed by atoms with Gasteiger partial charge < -0.3 is 14.6 Å². The van der Waals surface area contributed by atoms with E-state index in [9.17, 15) is 4.79 Å². The summed E-state index contributed by atoms with van der Waals surface area (Å²) in [5.41, 5.74) is 0. The van der Waals surface area contributed by atoms with Crippen LogP contribution in [0.3, 0.4) is 0 Å². The van der Waals surface area contributed by atoms with Crippen LogP contribution in [0.15, 0.2) is 4.52 Å². The van der Waals surface area contributed by atoms with Gasteiger partial charge in [-0.25, -0.2) is 0 Å². The van der Waals surface area contributed by atoms with Crippen molar-refractivity contribution >= 4 is 17.7 Å². The molecule has 2 atom stereocenters. The molecular weight excluding hydrogens is 256 g/mol. The average Bonchev–Trinajstić information content (AvgIpc) is 2.90. The molecule has 3 heterocycles. The quantitative estimate of drug-likeness (QED) is 0.758. The van der Waals surface area contributed by atoms with Gasteiger partial charge in [-0.3, -0.25) is 10.1 Å². The van der Waals surface area contributed by atoms with Gasteiger partial charge in [-0.2, -0.15) is 16.7 Å². The number of ether oxygens (including phenoxy) is 1. The van der Waals surface area contributed by atoms with E-state index in [1.54, 1.807) is 0 Å². The topological polar surface area (TPSA) is 89.3 Å². The first-order valence-corrected chi connectivity index (χ1v) is 7.01. The van der Waals surface area contributed by atoms with Crippen molar-refractivity contribution in [2.75, 3.05) is 31.2 Å². The zero-order valence-corrected chi connectivity index (χ0v) is 10.5. The molecule has 0 aromatic carbocycles. The molecule has 1 amide bonds. The molecule has 2 aliphatic heterocycles. The molecule has 0 saturated carbocycles. The van der Waals surface area contributed by atoms with Crippen LogP contribution in [0.5, 0.6) is 0 Å². The number of piperazine rings is 1. The predicted octanol–water partition coefficient (Wildman–Crippen LogP) is -0.365. The Balaban J connectivity index is 1.67. The molecule has 0 radical (unpaired) electrons. The molecule has 7 nitrogen and oxygen atoms in total. The lowest BCUT2D eigenvalue weighted by molar-refractivity contribution is -0.121. The van der Waals surface area contributed by atoms with E-state index in [2.05, 4.69) is 20.8 Å². The van der Waals surface area contributed by atoms with Crippen LogP contribution < -0.4 is 10.6 Å². The molecule has 1 aromatic heterocycles. The van der Waals surface area contributed by atoms with Gasteiger partial charge >= 0.3 is 0 Å². The largest absolute Gasteiger partial charge is 0.368 e. The molecular formula is C10H14N4O3S. The Kier molecular flexibility index (Phi) is 3.48. The van der Waals surface area contributed by atoms with E-state index >= 15 is 0 Å². The highest BCUT2D eigenvalue weighted by molar-refractivity contribution is 7.99. The monoisotopic (exact) mass is 270 g/mol. The first kappa shape index (κ1) is 11.9. The summed E-state index contributed by atoms with van der Waals surface area (Å²) in [6.07, 6.45) is -0.0839. The molecule has 1 aromatic rings. The summed E-state index contributed by atoms with van der Waals surface area (Å²) < 4.78 is 10.8. The van der Waals surface area contributed by atoms with Crippen LogP contribution in [-0.4, -0.2) is 47.2 Å². The number of amides is 1. The Morgan fingerprint density at radius 1 is 1.44 bits per heavy atom. The van der Waals surface area contributed by atoms with Crippen molar-refractivity contribution in [1.82, 2.24) is 20.8 Å². The third-order valence-electron chi connectivity index (χ3n) is 2.87. The van der Waals surface area contributed by atoms with Crippen molar-refractivity contribution in [2.45, 2.75) is 12.1 Å². The number of carbonyl (C=O) groups is 1. The summed E-state index contributed by atoms with van der Waals surface area (Å²) in [5, 5.41) is 9.76. The third kappa shape index (κ3) is 2.50. The van der Waals surface area contributed by atoms with Gasteiger partial charge in [0.05, 0.1) is 13.2 Å². The minimum absolute atomic E-state index is 0.0157. The molecule has 0 aliphatic carbocycles. The van der Waals surface area contributed by atoms with Crippen LogP contribution in [0.2, 0.25) is 0 Å². The first-order chi connectivity index (χ1) is 8.83. The van der Waals surface area contributed by atoms with Gasteiger partial charge in [0, 0.05) is 18.1 Å². The van der Waals surface area contributed by atoms with E-state index < -0.39 is 0 Å². The number of aromatic nitrogens is 2. The van der Waals surface area contributed by atoms with Crippen molar-refractivity contribution in [2.24, 2.45) is 0 Å². The Hall–Kier alpha value is -1.12. The number of hydrogen-bond acceptors (Lipinski definition) is 7. The van der Waals surface area contributed by atoms with Gasteiger partial charge in [0.25, 0.3) is 0 Å². The van der Waals surface area contributed by atoms with Crippen LogP contribution in [0.4, 0.5) is 0 Å². The third-order valence-corrected chi connectivity index (χ3v) is 3.87. The van der Waals surface area contributed by atoms with E-state index in [0.29, 0.717) is 18.3 Å². The van der Waals surface area contributed by atoms with Gasteiger partial charge in [0.2, 0.25) is 17.6 Å². The first-order valence-electron chi connectivity index (χ1n) is 5.86. The number of rotatable bonds is 2. The van der Waals surface area contributed by atoms with Crippen molar-refractivity contribution < 1.29 is 14.1 Å². The van der Waals surface area contributed by atoms with Gasteiger partial charge in [0.15, 0.2) is 0 Å². The van der Waals surface area contributed by atoms with Crippen LogP contribution in [0, 0.1) is 0 Å². The highest BCUT2D eigenvalue weighted by Gasteiger charge is 2.27. The van der Waals surface area contributed by atoms with Crippen LogP contribution in [0.1, 0.15) is 23.9 Å². The minimum atomic E-state index is -0.111. The maximum atomic E-state index is 11.0. The molecule has 3 rings (SSSR count). The van der Waals surface area contributed by atoms with Gasteiger partial charge in [0.1, 0.15) is 12.1 Å². The Morgan fingerprint density at radius 3 is 3.11 bits per heavy atom. The smallest absolute Gasteiger partial charge is 0.245 e. The molecule has 2 fully saturated rings. The molecule has 0 spiro atoms. The number of hydrogen-bond donors (Lipinski definition) is 2. The average molecular weight is 270 g/mol. The summed E-state index contributed by atoms with van der Waals surface area (Å²) in [7, 11) is 0. The number of carbonyl (C=O) groups excluding carboxylic acids is 1. The lowest BCUT2D eigenvalue weighted by atomic mass is 10.2. The second-order valence-electron chi connectivity index (χ2n) is 4.16. The summed E-state index contributed by atoms with van der Waals surface area (Å²) in [5.74, 6) is 2.95. The molecule has 0 bridgehead atoms. The van der Waals surface area contributed by atoms with E-state index in [1.807, 2.05) is 11.8 Å². The fourth-order valence-corrected chi connectivity index (χ4v) is 2.74. The zero-order chi connectivity index (χ0) is 12.4. The van der Waals surface area contributed by atoms with E-state index in [4.69, 9.17) is 9.26 Å². The standard InChI is InChI=1S/C10H14N4O3S/c15-8-4-11-6(3-12-8)10-13-9(14-17-10)7-5-18-2-1-16-7/h6-7,11H,1-5H2,(H,12,15). The number of nitrogens with one attached hydrogen (secondary N) is 2. The molecule has 2 saturated heterocycles. The maximum Gasteiger partial charge on any atom is 0.245 e. The fraction of sp³-hybridized carbons (Fsp3) is 0.700.